The number of hydrogen-bond donors (Lipinski definition) is 1. The second-order valence-electron chi connectivity index (χ2n) is 6.70. The molecule has 4 rings (SSSR count). The Hall–Kier alpha value is -3.15. The molecule has 1 N–H and O–H groups in total. The standard InChI is InChI=1S/C21H21N3O3/c25-20(24-12-6-10-16-9-4-5-11-18(16)24)14-22-21(26)19-13-17(23-27-19)15-7-2-1-3-8-15/h1-5,7-9,11,19H,6,10,12-14H2,(H,22,26)/t19-/m0/s1. The van der Waals surface area contributed by atoms with Crippen LogP contribution < -0.4 is 10.2 Å². The lowest BCUT2D eigenvalue weighted by molar-refractivity contribution is -0.132. The SMILES string of the molecule is O=C(NCC(=O)N1CCCc2ccccc21)[C@@H]1CC(c2ccccc2)=NO1. The molecular weight excluding hydrogens is 342 g/mol. The normalized spacial score (nSPS) is 18.3. The molecule has 0 unspecified atom stereocenters. The summed E-state index contributed by atoms with van der Waals surface area (Å²) >= 11 is 0. The van der Waals surface area contributed by atoms with E-state index in [-0.39, 0.29) is 18.4 Å². The van der Waals surface area contributed by atoms with Crippen molar-refractivity contribution in [2.75, 3.05) is 18.0 Å². The largest absolute Gasteiger partial charge is 0.382 e. The Labute approximate surface area is 157 Å². The van der Waals surface area contributed by atoms with Gasteiger partial charge < -0.3 is 15.1 Å². The highest BCUT2D eigenvalue weighted by atomic mass is 16.6. The molecule has 6 nitrogen and oxygen atoms in total. The lowest BCUT2D eigenvalue weighted by Gasteiger charge is -2.29. The summed E-state index contributed by atoms with van der Waals surface area (Å²) in [7, 11) is 0. The molecule has 2 aliphatic rings. The average Bonchev–Trinajstić information content (AvgIpc) is 3.22. The second kappa shape index (κ2) is 7.61. The molecule has 138 valence electrons. The fourth-order valence-corrected chi connectivity index (χ4v) is 3.48. The zero-order valence-corrected chi connectivity index (χ0v) is 14.9. The number of carbonyl (C=O) groups is 2. The van der Waals surface area contributed by atoms with Crippen molar-refractivity contribution in [3.8, 4) is 0 Å². The van der Waals surface area contributed by atoms with E-state index in [1.165, 1.54) is 5.56 Å². The zero-order valence-electron chi connectivity index (χ0n) is 14.9. The van der Waals surface area contributed by atoms with Gasteiger partial charge in [0.1, 0.15) is 0 Å². The number of anilines is 1. The highest BCUT2D eigenvalue weighted by Crippen LogP contribution is 2.26. The fourth-order valence-electron chi connectivity index (χ4n) is 3.48. The lowest BCUT2D eigenvalue weighted by Crippen LogP contribution is -2.45. The van der Waals surface area contributed by atoms with Crippen molar-refractivity contribution >= 4 is 23.2 Å². The number of nitrogens with zero attached hydrogens (tertiary/aromatic N) is 2. The summed E-state index contributed by atoms with van der Waals surface area (Å²) in [6, 6.07) is 17.5. The number of fused-ring (bicyclic) bond motifs is 1. The maximum Gasteiger partial charge on any atom is 0.264 e. The van der Waals surface area contributed by atoms with E-state index in [2.05, 4.69) is 10.5 Å². The van der Waals surface area contributed by atoms with Gasteiger partial charge in [0, 0.05) is 18.7 Å². The maximum absolute atomic E-state index is 12.6. The first-order valence-corrected chi connectivity index (χ1v) is 9.16. The van der Waals surface area contributed by atoms with Crippen LogP contribution in [0.3, 0.4) is 0 Å². The summed E-state index contributed by atoms with van der Waals surface area (Å²) in [6.07, 6.45) is 1.61. The van der Waals surface area contributed by atoms with Gasteiger partial charge in [-0.25, -0.2) is 0 Å². The molecular formula is C21H21N3O3. The first-order chi connectivity index (χ1) is 13.2. The number of hydrogen-bond acceptors (Lipinski definition) is 4. The van der Waals surface area contributed by atoms with Gasteiger partial charge in [0.15, 0.2) is 0 Å². The van der Waals surface area contributed by atoms with Gasteiger partial charge in [-0.2, -0.15) is 0 Å². The molecule has 0 bridgehead atoms. The number of amides is 2. The highest BCUT2D eigenvalue weighted by molar-refractivity contribution is 6.04. The molecule has 0 aromatic heterocycles. The molecule has 2 aromatic carbocycles. The van der Waals surface area contributed by atoms with Gasteiger partial charge in [0.2, 0.25) is 12.0 Å². The Morgan fingerprint density at radius 3 is 2.74 bits per heavy atom. The van der Waals surface area contributed by atoms with Crippen molar-refractivity contribution in [1.29, 1.82) is 0 Å². The number of nitrogens with one attached hydrogen (secondary N) is 1. The molecule has 0 spiro atoms. The van der Waals surface area contributed by atoms with Crippen LogP contribution in [0.5, 0.6) is 0 Å². The van der Waals surface area contributed by atoms with Crippen molar-refractivity contribution in [2.24, 2.45) is 5.16 Å². The second-order valence-corrected chi connectivity index (χ2v) is 6.70. The quantitative estimate of drug-likeness (QED) is 0.906. The number of carbonyl (C=O) groups excluding carboxylic acids is 2. The predicted molar refractivity (Wildman–Crippen MR) is 103 cm³/mol. The van der Waals surface area contributed by atoms with Crippen LogP contribution in [0.2, 0.25) is 0 Å². The first-order valence-electron chi connectivity index (χ1n) is 9.16. The van der Waals surface area contributed by atoms with E-state index in [0.717, 1.165) is 29.8 Å². The summed E-state index contributed by atoms with van der Waals surface area (Å²) < 4.78 is 0. The van der Waals surface area contributed by atoms with Crippen molar-refractivity contribution in [2.45, 2.75) is 25.4 Å². The van der Waals surface area contributed by atoms with E-state index in [0.29, 0.717) is 13.0 Å². The van der Waals surface area contributed by atoms with Crippen LogP contribution in [0.4, 0.5) is 5.69 Å². The Bertz CT molecular complexity index is 879. The monoisotopic (exact) mass is 363 g/mol. The number of aryl methyl sites for hydroxylation is 1. The van der Waals surface area contributed by atoms with Gasteiger partial charge >= 0.3 is 0 Å². The van der Waals surface area contributed by atoms with E-state index in [9.17, 15) is 9.59 Å². The van der Waals surface area contributed by atoms with Crippen LogP contribution >= 0.6 is 0 Å². The van der Waals surface area contributed by atoms with E-state index < -0.39 is 6.10 Å². The summed E-state index contributed by atoms with van der Waals surface area (Å²) in [6.45, 7) is 0.626. The van der Waals surface area contributed by atoms with Crippen LogP contribution in [0.15, 0.2) is 59.8 Å². The van der Waals surface area contributed by atoms with E-state index >= 15 is 0 Å². The van der Waals surface area contributed by atoms with E-state index in [4.69, 9.17) is 4.84 Å². The van der Waals surface area contributed by atoms with Crippen molar-refractivity contribution < 1.29 is 14.4 Å². The molecule has 2 amide bonds. The highest BCUT2D eigenvalue weighted by Gasteiger charge is 2.30. The maximum atomic E-state index is 12.6. The Balaban J connectivity index is 1.32. The van der Waals surface area contributed by atoms with Gasteiger partial charge in [0.25, 0.3) is 5.91 Å². The summed E-state index contributed by atoms with van der Waals surface area (Å²) in [5.74, 6) is -0.430. The minimum atomic E-state index is -0.693. The lowest BCUT2D eigenvalue weighted by atomic mass is 10.0. The van der Waals surface area contributed by atoms with Gasteiger partial charge in [0.05, 0.1) is 12.3 Å². The molecule has 0 fully saturated rings. The summed E-state index contributed by atoms with van der Waals surface area (Å²) in [5, 5.41) is 6.71. The summed E-state index contributed by atoms with van der Waals surface area (Å²) in [4.78, 5) is 32.0. The molecule has 0 saturated carbocycles. The van der Waals surface area contributed by atoms with Crippen LogP contribution in [0.1, 0.15) is 24.0 Å². The number of para-hydroxylation sites is 1. The summed E-state index contributed by atoms with van der Waals surface area (Å²) in [5.41, 5.74) is 3.79. The average molecular weight is 363 g/mol. The topological polar surface area (TPSA) is 71.0 Å². The zero-order chi connectivity index (χ0) is 18.6. The third-order valence-electron chi connectivity index (χ3n) is 4.89. The van der Waals surface area contributed by atoms with Gasteiger partial charge in [-0.05, 0) is 30.0 Å². The van der Waals surface area contributed by atoms with E-state index in [1.807, 2.05) is 54.6 Å². The molecule has 6 heteroatoms. The molecule has 2 aliphatic heterocycles. The van der Waals surface area contributed by atoms with E-state index in [1.54, 1.807) is 4.90 Å². The Morgan fingerprint density at radius 2 is 1.89 bits per heavy atom. The number of benzene rings is 2. The number of oxime groups is 1. The van der Waals surface area contributed by atoms with Gasteiger partial charge in [-0.3, -0.25) is 9.59 Å². The molecule has 2 aromatic rings. The first kappa shape index (κ1) is 17.3. The Kier molecular flexibility index (Phi) is 4.87. The molecule has 0 aliphatic carbocycles. The molecule has 2 heterocycles. The van der Waals surface area contributed by atoms with Crippen molar-refractivity contribution in [1.82, 2.24) is 5.32 Å². The third-order valence-corrected chi connectivity index (χ3v) is 4.89. The third kappa shape index (κ3) is 3.69. The smallest absolute Gasteiger partial charge is 0.264 e. The minimum Gasteiger partial charge on any atom is -0.382 e. The van der Waals surface area contributed by atoms with Crippen LogP contribution in [0.25, 0.3) is 0 Å². The van der Waals surface area contributed by atoms with Crippen LogP contribution in [-0.4, -0.2) is 36.7 Å². The van der Waals surface area contributed by atoms with Crippen molar-refractivity contribution in [3.05, 3.63) is 65.7 Å². The Morgan fingerprint density at radius 1 is 1.11 bits per heavy atom. The van der Waals surface area contributed by atoms with Gasteiger partial charge in [-0.15, -0.1) is 0 Å². The fraction of sp³-hybridized carbons (Fsp3) is 0.286. The minimum absolute atomic E-state index is 0.0479. The van der Waals surface area contributed by atoms with Crippen molar-refractivity contribution in [3.63, 3.8) is 0 Å². The van der Waals surface area contributed by atoms with Gasteiger partial charge in [-0.1, -0.05) is 53.7 Å². The molecule has 0 radical (unpaired) electrons. The molecule has 0 saturated heterocycles. The molecule has 27 heavy (non-hydrogen) atoms. The molecule has 1 atom stereocenters. The van der Waals surface area contributed by atoms with Crippen LogP contribution in [0, 0.1) is 0 Å². The predicted octanol–water partition coefficient (Wildman–Crippen LogP) is 2.28. The number of rotatable bonds is 4. The van der Waals surface area contributed by atoms with Crippen LogP contribution in [-0.2, 0) is 20.8 Å².